The molecule has 6 nitrogen and oxygen atoms in total. The van der Waals surface area contributed by atoms with E-state index in [0.717, 1.165) is 14.6 Å². The maximum Gasteiger partial charge on any atom is 0.275 e. The van der Waals surface area contributed by atoms with Gasteiger partial charge in [-0.3, -0.25) is 4.79 Å². The molecule has 0 unspecified atom stereocenters. The van der Waals surface area contributed by atoms with Crippen LogP contribution >= 0.6 is 34.4 Å². The number of thiazole rings is 1. The van der Waals surface area contributed by atoms with E-state index in [9.17, 15) is 4.79 Å². The lowest BCUT2D eigenvalue weighted by atomic mass is 10.3. The third-order valence-corrected chi connectivity index (χ3v) is 6.78. The summed E-state index contributed by atoms with van der Waals surface area (Å²) in [4.78, 5) is 22.1. The van der Waals surface area contributed by atoms with Crippen LogP contribution in [-0.4, -0.2) is 19.6 Å². The highest BCUT2D eigenvalue weighted by Gasteiger charge is 2.13. The van der Waals surface area contributed by atoms with E-state index < -0.39 is 0 Å². The number of nitrogens with zero attached hydrogens (tertiary/aromatic N) is 4. The minimum absolute atomic E-state index is 0.191. The van der Waals surface area contributed by atoms with Gasteiger partial charge in [-0.2, -0.15) is 4.52 Å². The fourth-order valence-corrected chi connectivity index (χ4v) is 5.33. The Labute approximate surface area is 159 Å². The van der Waals surface area contributed by atoms with Crippen molar-refractivity contribution in [2.75, 3.05) is 0 Å². The van der Waals surface area contributed by atoms with Crippen molar-refractivity contribution in [2.45, 2.75) is 10.1 Å². The zero-order valence-corrected chi connectivity index (χ0v) is 15.6. The van der Waals surface area contributed by atoms with Crippen LogP contribution in [0.1, 0.15) is 5.69 Å². The summed E-state index contributed by atoms with van der Waals surface area (Å²) in [6.07, 6.45) is 1.58. The van der Waals surface area contributed by atoms with Crippen LogP contribution in [0, 0.1) is 0 Å². The van der Waals surface area contributed by atoms with E-state index in [2.05, 4.69) is 21.1 Å². The van der Waals surface area contributed by atoms with Gasteiger partial charge in [-0.1, -0.05) is 35.2 Å². The van der Waals surface area contributed by atoms with Gasteiger partial charge in [0.2, 0.25) is 4.96 Å². The van der Waals surface area contributed by atoms with Crippen LogP contribution in [0.25, 0.3) is 25.9 Å². The average Bonchev–Trinajstić information content (AvgIpc) is 3.37. The molecule has 0 atom stereocenters. The third kappa shape index (κ3) is 2.83. The van der Waals surface area contributed by atoms with Gasteiger partial charge in [-0.25, -0.2) is 9.97 Å². The van der Waals surface area contributed by atoms with E-state index in [4.69, 9.17) is 4.42 Å². The zero-order chi connectivity index (χ0) is 17.5. The Balaban J connectivity index is 1.44. The summed E-state index contributed by atoms with van der Waals surface area (Å²) in [5.74, 6) is 1.21. The molecule has 26 heavy (non-hydrogen) atoms. The second-order valence-corrected chi connectivity index (χ2v) is 8.61. The smallest absolute Gasteiger partial charge is 0.275 e. The van der Waals surface area contributed by atoms with Gasteiger partial charge < -0.3 is 4.42 Å². The Morgan fingerprint density at radius 1 is 1.12 bits per heavy atom. The van der Waals surface area contributed by atoms with E-state index in [1.807, 2.05) is 24.3 Å². The highest BCUT2D eigenvalue weighted by atomic mass is 32.2. The van der Waals surface area contributed by atoms with Gasteiger partial charge in [-0.15, -0.1) is 16.4 Å². The largest absolute Gasteiger partial charge is 0.462 e. The lowest BCUT2D eigenvalue weighted by molar-refractivity contribution is 0.580. The van der Waals surface area contributed by atoms with Gasteiger partial charge in [0.25, 0.3) is 5.56 Å². The predicted octanol–water partition coefficient (Wildman–Crippen LogP) is 4.31. The molecular formula is C17H10N4O2S3. The number of thioether (sulfide) groups is 1. The molecule has 0 aliphatic carbocycles. The molecule has 0 radical (unpaired) electrons. The minimum atomic E-state index is -0.191. The van der Waals surface area contributed by atoms with E-state index in [1.165, 1.54) is 21.9 Å². The topological polar surface area (TPSA) is 73.3 Å². The average molecular weight is 398 g/mol. The Morgan fingerprint density at radius 3 is 2.88 bits per heavy atom. The standard InChI is InChI=1S/C17H10N4O2S3/c22-14-8-10(9-24-17-19-11-4-1-2-6-13(11)25-17)18-16-21(14)20-15(26-16)12-5-3-7-23-12/h1-8H,9H2. The maximum atomic E-state index is 12.3. The molecule has 0 N–H and O–H groups in total. The molecular weight excluding hydrogens is 388 g/mol. The SMILES string of the molecule is O=c1cc(CSc2nc3ccccc3s2)nc2sc(-c3ccco3)nn12. The van der Waals surface area contributed by atoms with Crippen LogP contribution in [0.5, 0.6) is 0 Å². The van der Waals surface area contributed by atoms with Gasteiger partial charge in [-0.05, 0) is 24.3 Å². The van der Waals surface area contributed by atoms with Crippen molar-refractivity contribution in [3.05, 3.63) is 64.8 Å². The summed E-state index contributed by atoms with van der Waals surface area (Å²) in [6, 6.07) is 13.2. The molecule has 0 fully saturated rings. The minimum Gasteiger partial charge on any atom is -0.462 e. The summed E-state index contributed by atoms with van der Waals surface area (Å²) in [5, 5.41) is 4.93. The molecule has 1 aromatic carbocycles. The number of furan rings is 1. The first-order chi connectivity index (χ1) is 12.8. The van der Waals surface area contributed by atoms with E-state index in [0.29, 0.717) is 27.2 Å². The Hall–Kier alpha value is -2.49. The summed E-state index contributed by atoms with van der Waals surface area (Å²) in [5.41, 5.74) is 1.52. The predicted molar refractivity (Wildman–Crippen MR) is 104 cm³/mol. The van der Waals surface area contributed by atoms with Gasteiger partial charge in [0.15, 0.2) is 15.1 Å². The third-order valence-electron chi connectivity index (χ3n) is 3.65. The lowest BCUT2D eigenvalue weighted by Gasteiger charge is -1.97. The molecule has 0 saturated heterocycles. The van der Waals surface area contributed by atoms with E-state index in [-0.39, 0.29) is 5.56 Å². The zero-order valence-electron chi connectivity index (χ0n) is 13.2. The van der Waals surface area contributed by atoms with Crippen LogP contribution in [-0.2, 0) is 5.75 Å². The molecule has 9 heteroatoms. The first-order valence-corrected chi connectivity index (χ1v) is 10.3. The van der Waals surface area contributed by atoms with Crippen molar-refractivity contribution in [1.29, 1.82) is 0 Å². The summed E-state index contributed by atoms with van der Waals surface area (Å²) >= 11 is 4.56. The normalized spacial score (nSPS) is 11.5. The van der Waals surface area contributed by atoms with E-state index >= 15 is 0 Å². The van der Waals surface area contributed by atoms with Crippen LogP contribution in [0.4, 0.5) is 0 Å². The number of hydrogen-bond donors (Lipinski definition) is 0. The molecule has 0 aliphatic rings. The molecule has 0 amide bonds. The Kier molecular flexibility index (Phi) is 3.84. The molecule has 0 bridgehead atoms. The maximum absolute atomic E-state index is 12.3. The van der Waals surface area contributed by atoms with Crippen LogP contribution in [0.15, 0.2) is 62.3 Å². The van der Waals surface area contributed by atoms with Crippen molar-refractivity contribution in [3.63, 3.8) is 0 Å². The second-order valence-electron chi connectivity index (χ2n) is 5.40. The Morgan fingerprint density at radius 2 is 2.04 bits per heavy atom. The van der Waals surface area contributed by atoms with Crippen molar-refractivity contribution in [2.24, 2.45) is 0 Å². The lowest BCUT2D eigenvalue weighted by Crippen LogP contribution is -2.15. The number of para-hydroxylation sites is 1. The van der Waals surface area contributed by atoms with Gasteiger partial charge >= 0.3 is 0 Å². The van der Waals surface area contributed by atoms with Crippen molar-refractivity contribution >= 4 is 49.6 Å². The highest BCUT2D eigenvalue weighted by Crippen LogP contribution is 2.31. The highest BCUT2D eigenvalue weighted by molar-refractivity contribution is 8.00. The summed E-state index contributed by atoms with van der Waals surface area (Å²) < 4.78 is 8.78. The first-order valence-electron chi connectivity index (χ1n) is 7.68. The summed E-state index contributed by atoms with van der Waals surface area (Å²) in [6.45, 7) is 0. The number of benzene rings is 1. The monoisotopic (exact) mass is 398 g/mol. The van der Waals surface area contributed by atoms with Crippen LogP contribution in [0.2, 0.25) is 0 Å². The van der Waals surface area contributed by atoms with Crippen LogP contribution in [0.3, 0.4) is 0 Å². The van der Waals surface area contributed by atoms with Gasteiger partial charge in [0, 0.05) is 11.8 Å². The fourth-order valence-electron chi connectivity index (χ4n) is 2.48. The van der Waals surface area contributed by atoms with Crippen LogP contribution < -0.4 is 5.56 Å². The Bertz CT molecular complexity index is 1240. The second kappa shape index (κ2) is 6.35. The molecule has 0 spiro atoms. The first kappa shape index (κ1) is 15.7. The van der Waals surface area contributed by atoms with Crippen molar-refractivity contribution in [1.82, 2.24) is 19.6 Å². The van der Waals surface area contributed by atoms with Crippen molar-refractivity contribution in [3.8, 4) is 10.8 Å². The molecule has 4 aromatic heterocycles. The number of rotatable bonds is 4. The molecule has 5 rings (SSSR count). The van der Waals surface area contributed by atoms with Gasteiger partial charge in [0.1, 0.15) is 0 Å². The summed E-state index contributed by atoms with van der Waals surface area (Å²) in [7, 11) is 0. The van der Waals surface area contributed by atoms with Gasteiger partial charge in [0.05, 0.1) is 22.2 Å². The number of fused-ring (bicyclic) bond motifs is 2. The van der Waals surface area contributed by atoms with E-state index in [1.54, 1.807) is 35.4 Å². The molecule has 0 aliphatic heterocycles. The molecule has 5 aromatic rings. The number of aromatic nitrogens is 4. The molecule has 128 valence electrons. The quantitative estimate of drug-likeness (QED) is 0.420. The molecule has 4 heterocycles. The molecule has 0 saturated carbocycles. The number of hydrogen-bond acceptors (Lipinski definition) is 8. The fraction of sp³-hybridized carbons (Fsp3) is 0.0588. The van der Waals surface area contributed by atoms with Crippen molar-refractivity contribution < 1.29 is 4.42 Å².